The number of hydrogen-bond donors (Lipinski definition) is 0. The maximum absolute atomic E-state index is 2.54. The van der Waals surface area contributed by atoms with Gasteiger partial charge in [0.15, 0.2) is 0 Å². The minimum atomic E-state index is 0.221. The first-order valence-electron chi connectivity index (χ1n) is 12.7. The van der Waals surface area contributed by atoms with Crippen LogP contribution >= 0.6 is 0 Å². The van der Waals surface area contributed by atoms with Crippen molar-refractivity contribution < 1.29 is 0 Å². The van der Waals surface area contributed by atoms with Gasteiger partial charge in [-0.2, -0.15) is 0 Å². The average molecular weight is 441 g/mol. The lowest BCUT2D eigenvalue weighted by Gasteiger charge is -2.46. The second-order valence-corrected chi connectivity index (χ2v) is 12.8. The van der Waals surface area contributed by atoms with Crippen LogP contribution in [0.5, 0.6) is 0 Å². The van der Waals surface area contributed by atoms with Gasteiger partial charge in [0.1, 0.15) is 0 Å². The molecule has 4 unspecified atom stereocenters. The van der Waals surface area contributed by atoms with Crippen molar-refractivity contribution >= 4 is 0 Å². The Morgan fingerprint density at radius 1 is 0.484 bits per heavy atom. The van der Waals surface area contributed by atoms with Crippen LogP contribution in [0.4, 0.5) is 0 Å². The van der Waals surface area contributed by atoms with Crippen LogP contribution in [-0.2, 0) is 0 Å². The van der Waals surface area contributed by atoms with Gasteiger partial charge in [0.25, 0.3) is 0 Å². The van der Waals surface area contributed by atoms with Gasteiger partial charge in [-0.25, -0.2) is 0 Å². The van der Waals surface area contributed by atoms with E-state index in [-0.39, 0.29) is 10.8 Å². The molecule has 0 aliphatic heterocycles. The molecule has 0 aromatic rings. The monoisotopic (exact) mass is 440 g/mol. The van der Waals surface area contributed by atoms with Gasteiger partial charge in [-0.3, -0.25) is 9.80 Å². The van der Waals surface area contributed by atoms with Crippen molar-refractivity contribution in [3.8, 4) is 0 Å². The van der Waals surface area contributed by atoms with E-state index < -0.39 is 0 Å². The Kier molecular flexibility index (Phi) is 12.3. The first kappa shape index (κ1) is 30.8. The average Bonchev–Trinajstić information content (AvgIpc) is 2.63. The second kappa shape index (κ2) is 12.3. The van der Waals surface area contributed by atoms with E-state index in [1.165, 1.54) is 0 Å². The van der Waals surface area contributed by atoms with Crippen LogP contribution in [0.25, 0.3) is 0 Å². The van der Waals surface area contributed by atoms with E-state index in [4.69, 9.17) is 0 Å². The van der Waals surface area contributed by atoms with Crippen LogP contribution < -0.4 is 0 Å². The van der Waals surface area contributed by atoms with Crippen molar-refractivity contribution in [3.05, 3.63) is 0 Å². The molecule has 0 N–H and O–H groups in total. The molecule has 0 rings (SSSR count). The lowest BCUT2D eigenvalue weighted by Crippen LogP contribution is -2.54. The van der Waals surface area contributed by atoms with Crippen LogP contribution in [0.1, 0.15) is 83.1 Å². The highest BCUT2D eigenvalue weighted by atomic mass is 15.3. The largest absolute Gasteiger partial charge is 0.303 e. The van der Waals surface area contributed by atoms with Crippen LogP contribution in [0.15, 0.2) is 0 Å². The summed E-state index contributed by atoms with van der Waals surface area (Å²) in [5, 5.41) is 0. The Hall–Kier alpha value is -0.160. The first-order valence-corrected chi connectivity index (χ1v) is 12.7. The molecule has 4 atom stereocenters. The number of hydrogen-bond acceptors (Lipinski definition) is 4. The predicted molar refractivity (Wildman–Crippen MR) is 141 cm³/mol. The SMILES string of the molecule is CC(C)C(C)N(C)CC(C)(C)C(C)N(C)CN(C)C(C)C(C)(C)CN(C)C(C)C(C)C. The van der Waals surface area contributed by atoms with E-state index in [0.29, 0.717) is 36.0 Å². The Morgan fingerprint density at radius 2 is 0.742 bits per heavy atom. The van der Waals surface area contributed by atoms with Crippen molar-refractivity contribution in [3.63, 3.8) is 0 Å². The fraction of sp³-hybridized carbons (Fsp3) is 1.00. The molecule has 4 nitrogen and oxygen atoms in total. The normalized spacial score (nSPS) is 18.0. The molecule has 0 amide bonds. The van der Waals surface area contributed by atoms with E-state index in [0.717, 1.165) is 19.8 Å². The fourth-order valence-corrected chi connectivity index (χ4v) is 4.65. The van der Waals surface area contributed by atoms with Gasteiger partial charge in [-0.05, 0) is 78.6 Å². The summed E-state index contributed by atoms with van der Waals surface area (Å²) in [7, 11) is 9.15. The highest BCUT2D eigenvalue weighted by molar-refractivity contribution is 4.88. The van der Waals surface area contributed by atoms with Crippen LogP contribution in [-0.4, -0.2) is 91.7 Å². The van der Waals surface area contributed by atoms with Gasteiger partial charge in [-0.15, -0.1) is 0 Å². The van der Waals surface area contributed by atoms with E-state index in [1.807, 2.05) is 0 Å². The molecule has 4 heteroatoms. The van der Waals surface area contributed by atoms with Crippen molar-refractivity contribution in [2.45, 2.75) is 107 Å². The molecule has 0 spiro atoms. The van der Waals surface area contributed by atoms with Crippen LogP contribution in [0, 0.1) is 22.7 Å². The molecule has 0 heterocycles. The van der Waals surface area contributed by atoms with Gasteiger partial charge in [0.05, 0.1) is 6.67 Å². The molecule has 0 saturated carbocycles. The summed E-state index contributed by atoms with van der Waals surface area (Å²) < 4.78 is 0. The predicted octanol–water partition coefficient (Wildman–Crippen LogP) is 5.59. The molecule has 0 bridgehead atoms. The zero-order chi connectivity index (χ0) is 24.9. The standard InChI is InChI=1S/C27H60N4/c1-20(2)22(5)28(13)17-26(9,10)24(7)30(15)19-31(16)25(8)27(11,12)18-29(14)23(6)21(3)4/h20-25H,17-19H2,1-16H3. The van der Waals surface area contributed by atoms with Crippen LogP contribution in [0.2, 0.25) is 0 Å². The third-order valence-electron chi connectivity index (χ3n) is 8.66. The summed E-state index contributed by atoms with van der Waals surface area (Å²) in [6, 6.07) is 2.20. The minimum Gasteiger partial charge on any atom is -0.303 e. The van der Waals surface area contributed by atoms with Gasteiger partial charge in [0.2, 0.25) is 0 Å². The summed E-state index contributed by atoms with van der Waals surface area (Å²) in [4.78, 5) is 10.2. The van der Waals surface area contributed by atoms with Gasteiger partial charge in [0, 0.05) is 37.3 Å². The molecular weight excluding hydrogens is 380 g/mol. The molecule has 188 valence electrons. The fourth-order valence-electron chi connectivity index (χ4n) is 4.65. The van der Waals surface area contributed by atoms with Gasteiger partial charge < -0.3 is 9.80 Å². The van der Waals surface area contributed by atoms with Crippen LogP contribution in [0.3, 0.4) is 0 Å². The topological polar surface area (TPSA) is 13.0 Å². The summed E-state index contributed by atoms with van der Waals surface area (Å²) in [5.41, 5.74) is 0.443. The summed E-state index contributed by atoms with van der Waals surface area (Å²) in [5.74, 6) is 1.36. The zero-order valence-corrected chi connectivity index (χ0v) is 24.4. The summed E-state index contributed by atoms with van der Waals surface area (Å²) in [6.07, 6.45) is 0. The summed E-state index contributed by atoms with van der Waals surface area (Å²) >= 11 is 0. The molecule has 0 aliphatic carbocycles. The van der Waals surface area contributed by atoms with Gasteiger partial charge >= 0.3 is 0 Å². The van der Waals surface area contributed by atoms with E-state index >= 15 is 0 Å². The maximum atomic E-state index is 2.54. The second-order valence-electron chi connectivity index (χ2n) is 12.8. The lowest BCUT2D eigenvalue weighted by molar-refractivity contribution is 0.00445. The maximum Gasteiger partial charge on any atom is 0.0506 e. The highest BCUT2D eigenvalue weighted by Crippen LogP contribution is 2.30. The van der Waals surface area contributed by atoms with Crippen molar-refractivity contribution in [2.24, 2.45) is 22.7 Å². The molecule has 0 saturated heterocycles. The Morgan fingerprint density at radius 3 is 0.968 bits per heavy atom. The van der Waals surface area contributed by atoms with E-state index in [2.05, 4.69) is 131 Å². The zero-order valence-electron chi connectivity index (χ0n) is 24.4. The smallest absolute Gasteiger partial charge is 0.0506 e. The number of nitrogens with zero attached hydrogens (tertiary/aromatic N) is 4. The minimum absolute atomic E-state index is 0.221. The Balaban J connectivity index is 5.05. The van der Waals surface area contributed by atoms with E-state index in [9.17, 15) is 0 Å². The Bertz CT molecular complexity index is 455. The third kappa shape index (κ3) is 9.31. The molecule has 0 aromatic heterocycles. The molecule has 31 heavy (non-hydrogen) atoms. The first-order chi connectivity index (χ1) is 13.8. The number of rotatable bonds is 14. The molecule has 0 aromatic carbocycles. The van der Waals surface area contributed by atoms with Crippen molar-refractivity contribution in [2.75, 3.05) is 47.9 Å². The van der Waals surface area contributed by atoms with Crippen molar-refractivity contribution in [1.82, 2.24) is 19.6 Å². The van der Waals surface area contributed by atoms with E-state index in [1.54, 1.807) is 0 Å². The van der Waals surface area contributed by atoms with Gasteiger partial charge in [-0.1, -0.05) is 55.4 Å². The quantitative estimate of drug-likeness (QED) is 0.326. The van der Waals surface area contributed by atoms with Crippen molar-refractivity contribution in [1.29, 1.82) is 0 Å². The lowest BCUT2D eigenvalue weighted by atomic mass is 9.82. The molecule has 0 radical (unpaired) electrons. The third-order valence-corrected chi connectivity index (χ3v) is 8.66. The molecular formula is C27H60N4. The summed E-state index contributed by atoms with van der Waals surface area (Å²) in [6.45, 7) is 31.7. The highest BCUT2D eigenvalue weighted by Gasteiger charge is 2.35. The molecule has 0 aliphatic rings. The molecule has 0 fully saturated rings. The Labute approximate surface area is 197 Å².